The first kappa shape index (κ1) is 12.2. The molecular weight excluding hydrogens is 256 g/mol. The average molecular weight is 268 g/mol. The Morgan fingerprint density at radius 3 is 2.88 bits per heavy atom. The molecule has 0 aliphatic heterocycles. The molecule has 0 aromatic carbocycles. The van der Waals surface area contributed by atoms with Crippen molar-refractivity contribution in [2.45, 2.75) is 6.54 Å². The van der Waals surface area contributed by atoms with Crippen molar-refractivity contribution in [1.82, 2.24) is 9.71 Å². The van der Waals surface area contributed by atoms with Crippen molar-refractivity contribution in [3.63, 3.8) is 0 Å². The monoisotopic (exact) mass is 268 g/mol. The van der Waals surface area contributed by atoms with Crippen LogP contribution in [-0.4, -0.2) is 19.7 Å². The number of hydrogen-bond donors (Lipinski definition) is 1. The van der Waals surface area contributed by atoms with Crippen LogP contribution >= 0.6 is 11.3 Å². The zero-order valence-corrected chi connectivity index (χ0v) is 10.9. The highest BCUT2D eigenvalue weighted by Gasteiger charge is 2.08. The van der Waals surface area contributed by atoms with Gasteiger partial charge in [-0.25, -0.2) is 13.1 Å². The van der Waals surface area contributed by atoms with E-state index in [1.807, 2.05) is 22.9 Å². The Hall–Kier alpha value is -1.24. The quantitative estimate of drug-likeness (QED) is 0.920. The van der Waals surface area contributed by atoms with E-state index in [4.69, 9.17) is 0 Å². The van der Waals surface area contributed by atoms with Crippen LogP contribution in [0.3, 0.4) is 0 Å². The first-order valence-electron chi connectivity index (χ1n) is 4.97. The zero-order chi connectivity index (χ0) is 12.3. The number of rotatable bonds is 4. The lowest BCUT2D eigenvalue weighted by Gasteiger charge is -2.07. The number of thiophene rings is 1. The summed E-state index contributed by atoms with van der Waals surface area (Å²) in [4.78, 5) is 4.29. The molecule has 17 heavy (non-hydrogen) atoms. The Morgan fingerprint density at radius 1 is 1.41 bits per heavy atom. The van der Waals surface area contributed by atoms with Crippen LogP contribution in [0, 0.1) is 0 Å². The number of aromatic nitrogens is 1. The van der Waals surface area contributed by atoms with Crippen LogP contribution in [0.25, 0.3) is 11.3 Å². The van der Waals surface area contributed by atoms with E-state index in [1.54, 1.807) is 23.6 Å². The molecular formula is C11H12N2O2S2. The fourth-order valence-corrected chi connectivity index (χ4v) is 2.51. The Kier molecular flexibility index (Phi) is 3.56. The summed E-state index contributed by atoms with van der Waals surface area (Å²) in [5.41, 5.74) is 2.71. The summed E-state index contributed by atoms with van der Waals surface area (Å²) in [7, 11) is -3.18. The summed E-state index contributed by atoms with van der Waals surface area (Å²) in [5, 5.41) is 3.96. The van der Waals surface area contributed by atoms with Crippen LogP contribution < -0.4 is 4.72 Å². The molecule has 0 spiro atoms. The molecule has 4 nitrogen and oxygen atoms in total. The molecule has 1 N–H and O–H groups in total. The van der Waals surface area contributed by atoms with Crippen molar-refractivity contribution in [3.05, 3.63) is 40.7 Å². The average Bonchev–Trinajstić information content (AvgIpc) is 2.79. The minimum Gasteiger partial charge on any atom is -0.256 e. The molecule has 2 rings (SSSR count). The fraction of sp³-hybridized carbons (Fsp3) is 0.182. The fourth-order valence-electron chi connectivity index (χ4n) is 1.45. The highest BCUT2D eigenvalue weighted by molar-refractivity contribution is 7.88. The number of nitrogens with one attached hydrogen (secondary N) is 1. The van der Waals surface area contributed by atoms with Crippen molar-refractivity contribution >= 4 is 21.4 Å². The summed E-state index contributed by atoms with van der Waals surface area (Å²) in [6, 6.07) is 5.64. The van der Waals surface area contributed by atoms with Gasteiger partial charge in [0.1, 0.15) is 0 Å². The molecule has 2 aromatic heterocycles. The van der Waals surface area contributed by atoms with Gasteiger partial charge in [0, 0.05) is 23.7 Å². The first-order chi connectivity index (χ1) is 8.06. The summed E-state index contributed by atoms with van der Waals surface area (Å²) in [5.74, 6) is 0. The second-order valence-corrected chi connectivity index (χ2v) is 6.23. The van der Waals surface area contributed by atoms with E-state index in [-0.39, 0.29) is 6.54 Å². The minimum atomic E-state index is -3.18. The Balaban J connectivity index is 2.29. The molecule has 0 aliphatic rings. The molecule has 0 saturated carbocycles. The second-order valence-electron chi connectivity index (χ2n) is 3.62. The topological polar surface area (TPSA) is 59.1 Å². The van der Waals surface area contributed by atoms with Crippen LogP contribution in [0.5, 0.6) is 0 Å². The molecule has 0 radical (unpaired) electrons. The third kappa shape index (κ3) is 3.36. The van der Waals surface area contributed by atoms with Gasteiger partial charge in [-0.15, -0.1) is 0 Å². The largest absolute Gasteiger partial charge is 0.256 e. The highest BCUT2D eigenvalue weighted by Crippen LogP contribution is 2.23. The molecule has 90 valence electrons. The predicted molar refractivity (Wildman–Crippen MR) is 69.2 cm³/mol. The molecule has 2 aromatic rings. The van der Waals surface area contributed by atoms with E-state index in [0.29, 0.717) is 0 Å². The van der Waals surface area contributed by atoms with Gasteiger partial charge < -0.3 is 0 Å². The molecule has 0 amide bonds. The minimum absolute atomic E-state index is 0.262. The molecule has 0 bridgehead atoms. The molecule has 0 atom stereocenters. The van der Waals surface area contributed by atoms with Gasteiger partial charge in [-0.3, -0.25) is 4.98 Å². The van der Waals surface area contributed by atoms with Crippen molar-refractivity contribution in [3.8, 4) is 11.3 Å². The van der Waals surface area contributed by atoms with Gasteiger partial charge in [-0.05, 0) is 23.1 Å². The molecule has 0 fully saturated rings. The van der Waals surface area contributed by atoms with Crippen molar-refractivity contribution in [1.29, 1.82) is 0 Å². The van der Waals surface area contributed by atoms with E-state index in [9.17, 15) is 8.42 Å². The summed E-state index contributed by atoms with van der Waals surface area (Å²) >= 11 is 1.59. The molecule has 0 saturated heterocycles. The molecule has 6 heteroatoms. The third-order valence-electron chi connectivity index (χ3n) is 2.21. The van der Waals surface area contributed by atoms with Gasteiger partial charge in [0.25, 0.3) is 0 Å². The summed E-state index contributed by atoms with van der Waals surface area (Å²) in [6.07, 6.45) is 2.85. The lowest BCUT2D eigenvalue weighted by molar-refractivity contribution is 0.587. The van der Waals surface area contributed by atoms with Crippen LogP contribution in [-0.2, 0) is 16.6 Å². The molecule has 0 unspecified atom stereocenters. The Morgan fingerprint density at radius 2 is 2.24 bits per heavy atom. The third-order valence-corrected chi connectivity index (χ3v) is 3.56. The Labute approximate surface area is 104 Å². The predicted octanol–water partition coefficient (Wildman–Crippen LogP) is 1.86. The van der Waals surface area contributed by atoms with Gasteiger partial charge in [-0.1, -0.05) is 6.07 Å². The van der Waals surface area contributed by atoms with Gasteiger partial charge in [-0.2, -0.15) is 11.3 Å². The first-order valence-corrected chi connectivity index (χ1v) is 7.81. The maximum atomic E-state index is 11.1. The van der Waals surface area contributed by atoms with Crippen LogP contribution in [0.1, 0.15) is 5.56 Å². The van der Waals surface area contributed by atoms with Gasteiger partial charge in [0.05, 0.1) is 11.9 Å². The zero-order valence-electron chi connectivity index (χ0n) is 9.25. The van der Waals surface area contributed by atoms with Crippen LogP contribution in [0.15, 0.2) is 35.2 Å². The van der Waals surface area contributed by atoms with Gasteiger partial charge >= 0.3 is 0 Å². The molecule has 0 aliphatic carbocycles. The maximum absolute atomic E-state index is 11.1. The summed E-state index contributed by atoms with van der Waals surface area (Å²) < 4.78 is 24.6. The Bertz CT molecular complexity index is 592. The normalized spacial score (nSPS) is 11.6. The van der Waals surface area contributed by atoms with Crippen molar-refractivity contribution in [2.75, 3.05) is 6.26 Å². The maximum Gasteiger partial charge on any atom is 0.209 e. The lowest BCUT2D eigenvalue weighted by atomic mass is 10.1. The van der Waals surface area contributed by atoms with E-state index in [1.165, 1.54) is 0 Å². The van der Waals surface area contributed by atoms with E-state index >= 15 is 0 Å². The van der Waals surface area contributed by atoms with Gasteiger partial charge in [0.15, 0.2) is 0 Å². The standard InChI is InChI=1S/C11H12N2O2S2/c1-17(14,15)13-7-9-3-2-5-12-11(9)10-4-6-16-8-10/h2-6,8,13H,7H2,1H3. The van der Waals surface area contributed by atoms with Crippen molar-refractivity contribution in [2.24, 2.45) is 0 Å². The number of pyridine rings is 1. The SMILES string of the molecule is CS(=O)(=O)NCc1cccnc1-c1ccsc1. The highest BCUT2D eigenvalue weighted by atomic mass is 32.2. The second kappa shape index (κ2) is 4.95. The summed E-state index contributed by atoms with van der Waals surface area (Å²) in [6.45, 7) is 0.262. The smallest absolute Gasteiger partial charge is 0.209 e. The van der Waals surface area contributed by atoms with E-state index < -0.39 is 10.0 Å². The van der Waals surface area contributed by atoms with Crippen molar-refractivity contribution < 1.29 is 8.42 Å². The number of hydrogen-bond acceptors (Lipinski definition) is 4. The number of nitrogens with zero attached hydrogens (tertiary/aromatic N) is 1. The van der Waals surface area contributed by atoms with Crippen LogP contribution in [0.2, 0.25) is 0 Å². The lowest BCUT2D eigenvalue weighted by Crippen LogP contribution is -2.21. The molecule has 2 heterocycles. The number of sulfonamides is 1. The van der Waals surface area contributed by atoms with E-state index in [0.717, 1.165) is 23.1 Å². The van der Waals surface area contributed by atoms with Crippen LogP contribution in [0.4, 0.5) is 0 Å². The van der Waals surface area contributed by atoms with E-state index in [2.05, 4.69) is 9.71 Å². The van der Waals surface area contributed by atoms with Gasteiger partial charge in [0.2, 0.25) is 10.0 Å².